The third-order valence-corrected chi connectivity index (χ3v) is 2.17. The Labute approximate surface area is 88.9 Å². The van der Waals surface area contributed by atoms with Gasteiger partial charge in [0.1, 0.15) is 6.10 Å². The first kappa shape index (κ1) is 13.5. The van der Waals surface area contributed by atoms with Crippen LogP contribution in [0.3, 0.4) is 0 Å². The van der Waals surface area contributed by atoms with Gasteiger partial charge in [0.2, 0.25) is 5.91 Å². The van der Waals surface area contributed by atoms with Crippen LogP contribution in [0.2, 0.25) is 0 Å². The van der Waals surface area contributed by atoms with Crippen molar-refractivity contribution in [2.75, 3.05) is 12.8 Å². The molecular formula is C7H13NO4S2. The SMILES string of the molecule is CCC(=O)NCC(C=S)OS(C)(=O)=O. The Morgan fingerprint density at radius 1 is 1.64 bits per heavy atom. The molecule has 5 nitrogen and oxygen atoms in total. The first-order chi connectivity index (χ1) is 6.39. The first-order valence-corrected chi connectivity index (χ1v) is 6.28. The molecule has 0 fully saturated rings. The van der Waals surface area contributed by atoms with Gasteiger partial charge in [-0.1, -0.05) is 19.1 Å². The van der Waals surface area contributed by atoms with Gasteiger partial charge < -0.3 is 5.32 Å². The van der Waals surface area contributed by atoms with E-state index >= 15 is 0 Å². The van der Waals surface area contributed by atoms with Crippen LogP contribution in [0, 0.1) is 0 Å². The summed E-state index contributed by atoms with van der Waals surface area (Å²) in [4.78, 5) is 10.8. The fraction of sp³-hybridized carbons (Fsp3) is 0.714. The maximum atomic E-state index is 10.8. The standard InChI is InChI=1S/C7H13NO4S2/c1-3-7(9)8-4-6(5-13)12-14(2,10)11/h5-6H,3-4H2,1-2H3,(H,8,9). The predicted octanol–water partition coefficient (Wildman–Crippen LogP) is -0.143. The maximum Gasteiger partial charge on any atom is 0.265 e. The van der Waals surface area contributed by atoms with Crippen LogP contribution in [0.4, 0.5) is 0 Å². The molecule has 0 aromatic carbocycles. The zero-order valence-electron chi connectivity index (χ0n) is 8.02. The normalized spacial score (nSPS) is 13.3. The van der Waals surface area contributed by atoms with E-state index in [4.69, 9.17) is 0 Å². The van der Waals surface area contributed by atoms with Crippen molar-refractivity contribution >= 4 is 33.6 Å². The molecular weight excluding hydrogens is 226 g/mol. The van der Waals surface area contributed by atoms with Crippen molar-refractivity contribution in [3.63, 3.8) is 0 Å². The topological polar surface area (TPSA) is 72.5 Å². The molecule has 0 heterocycles. The van der Waals surface area contributed by atoms with Crippen molar-refractivity contribution in [2.24, 2.45) is 0 Å². The van der Waals surface area contributed by atoms with E-state index in [0.717, 1.165) is 11.6 Å². The summed E-state index contributed by atoms with van der Waals surface area (Å²) in [7, 11) is -3.54. The first-order valence-electron chi connectivity index (χ1n) is 3.99. The second-order valence-corrected chi connectivity index (χ2v) is 4.51. The molecule has 0 saturated heterocycles. The second-order valence-electron chi connectivity index (χ2n) is 2.63. The summed E-state index contributed by atoms with van der Waals surface area (Å²) in [5.41, 5.74) is 0. The molecule has 0 aliphatic carbocycles. The van der Waals surface area contributed by atoms with Crippen molar-refractivity contribution in [3.8, 4) is 0 Å². The molecule has 0 rings (SSSR count). The molecule has 0 bridgehead atoms. The molecule has 0 aromatic rings. The molecule has 0 aliphatic rings. The summed E-state index contributed by atoms with van der Waals surface area (Å²) >= 11 is 4.56. The van der Waals surface area contributed by atoms with Gasteiger partial charge >= 0.3 is 0 Å². The second kappa shape index (κ2) is 6.05. The number of hydrogen-bond acceptors (Lipinski definition) is 5. The van der Waals surface area contributed by atoms with Crippen molar-refractivity contribution in [2.45, 2.75) is 19.4 Å². The highest BCUT2D eigenvalue weighted by Crippen LogP contribution is 1.94. The van der Waals surface area contributed by atoms with E-state index in [9.17, 15) is 13.2 Å². The van der Waals surface area contributed by atoms with E-state index in [1.54, 1.807) is 6.92 Å². The largest absolute Gasteiger partial charge is 0.353 e. The fourth-order valence-electron chi connectivity index (χ4n) is 0.669. The number of rotatable bonds is 6. The summed E-state index contributed by atoms with van der Waals surface area (Å²) in [6.45, 7) is 1.77. The third-order valence-electron chi connectivity index (χ3n) is 1.27. The summed E-state index contributed by atoms with van der Waals surface area (Å²) in [6.07, 6.45) is 0.485. The molecule has 0 saturated carbocycles. The number of amides is 1. The molecule has 14 heavy (non-hydrogen) atoms. The molecule has 82 valence electrons. The van der Waals surface area contributed by atoms with Crippen LogP contribution in [0.25, 0.3) is 0 Å². The van der Waals surface area contributed by atoms with Gasteiger partial charge in [0.15, 0.2) is 0 Å². The molecule has 1 amide bonds. The van der Waals surface area contributed by atoms with Crippen LogP contribution in [0.5, 0.6) is 0 Å². The van der Waals surface area contributed by atoms with E-state index in [1.165, 1.54) is 0 Å². The van der Waals surface area contributed by atoms with Crippen molar-refractivity contribution in [3.05, 3.63) is 0 Å². The van der Waals surface area contributed by atoms with Crippen molar-refractivity contribution in [1.82, 2.24) is 5.32 Å². The van der Waals surface area contributed by atoms with E-state index in [-0.39, 0.29) is 12.5 Å². The zero-order valence-corrected chi connectivity index (χ0v) is 9.65. The Kier molecular flexibility index (Phi) is 5.82. The molecule has 0 spiro atoms. The number of carbonyl (C=O) groups excluding carboxylic acids is 1. The molecule has 0 aromatic heterocycles. The Bertz CT molecular complexity index is 299. The summed E-state index contributed by atoms with van der Waals surface area (Å²) in [5, 5.41) is 3.64. The minimum Gasteiger partial charge on any atom is -0.353 e. The Morgan fingerprint density at radius 3 is 2.57 bits per heavy atom. The van der Waals surface area contributed by atoms with Gasteiger partial charge in [-0.15, -0.1) is 0 Å². The quantitative estimate of drug-likeness (QED) is 0.516. The smallest absolute Gasteiger partial charge is 0.265 e. The van der Waals surface area contributed by atoms with Gasteiger partial charge in [0.25, 0.3) is 10.1 Å². The molecule has 1 atom stereocenters. The molecule has 1 N–H and O–H groups in total. The van der Waals surface area contributed by atoms with Gasteiger partial charge in [0.05, 0.1) is 6.26 Å². The lowest BCUT2D eigenvalue weighted by atomic mass is 10.4. The lowest BCUT2D eigenvalue weighted by Crippen LogP contribution is -2.34. The summed E-state index contributed by atoms with van der Waals surface area (Å²) in [6, 6.07) is 0. The highest BCUT2D eigenvalue weighted by atomic mass is 32.2. The lowest BCUT2D eigenvalue weighted by molar-refractivity contribution is -0.120. The number of hydrogen-bond donors (Lipinski definition) is 1. The van der Waals surface area contributed by atoms with Gasteiger partial charge in [-0.3, -0.25) is 8.98 Å². The fourth-order valence-corrected chi connectivity index (χ4v) is 1.46. The van der Waals surface area contributed by atoms with Crippen LogP contribution < -0.4 is 5.32 Å². The van der Waals surface area contributed by atoms with Crippen LogP contribution >= 0.6 is 12.2 Å². The van der Waals surface area contributed by atoms with Crippen LogP contribution in [0.15, 0.2) is 0 Å². The van der Waals surface area contributed by atoms with Crippen molar-refractivity contribution < 1.29 is 17.4 Å². The Balaban J connectivity index is 4.05. The Hall–Kier alpha value is -0.530. The summed E-state index contributed by atoms with van der Waals surface area (Å²) < 4.78 is 26.0. The van der Waals surface area contributed by atoms with Gasteiger partial charge in [0, 0.05) is 18.3 Å². The highest BCUT2D eigenvalue weighted by molar-refractivity contribution is 7.86. The van der Waals surface area contributed by atoms with E-state index < -0.39 is 16.2 Å². The number of thiocarbonyl (C=S) groups is 1. The van der Waals surface area contributed by atoms with E-state index in [1.807, 2.05) is 0 Å². The average molecular weight is 239 g/mol. The zero-order chi connectivity index (χ0) is 11.2. The minimum atomic E-state index is -3.54. The molecule has 0 radical (unpaired) electrons. The average Bonchev–Trinajstić information content (AvgIpc) is 2.09. The van der Waals surface area contributed by atoms with Gasteiger partial charge in [-0.05, 0) is 0 Å². The monoisotopic (exact) mass is 239 g/mol. The Morgan fingerprint density at radius 2 is 2.21 bits per heavy atom. The van der Waals surface area contributed by atoms with Crippen LogP contribution in [-0.2, 0) is 19.1 Å². The summed E-state index contributed by atoms with van der Waals surface area (Å²) in [5.74, 6) is -0.177. The highest BCUT2D eigenvalue weighted by Gasteiger charge is 2.13. The molecule has 0 aliphatic heterocycles. The van der Waals surface area contributed by atoms with Gasteiger partial charge in [-0.25, -0.2) is 0 Å². The van der Waals surface area contributed by atoms with Crippen molar-refractivity contribution in [1.29, 1.82) is 0 Å². The maximum absolute atomic E-state index is 10.8. The predicted molar refractivity (Wildman–Crippen MR) is 56.7 cm³/mol. The van der Waals surface area contributed by atoms with Crippen LogP contribution in [0.1, 0.15) is 13.3 Å². The number of nitrogens with one attached hydrogen (secondary N) is 1. The van der Waals surface area contributed by atoms with E-state index in [0.29, 0.717) is 6.42 Å². The van der Waals surface area contributed by atoms with E-state index in [2.05, 4.69) is 21.7 Å². The van der Waals surface area contributed by atoms with Crippen LogP contribution in [-0.4, -0.2) is 38.6 Å². The minimum absolute atomic E-state index is 0.0727. The third kappa shape index (κ3) is 6.93. The number of carbonyl (C=O) groups is 1. The lowest BCUT2D eigenvalue weighted by Gasteiger charge is -2.11. The molecule has 7 heteroatoms. The molecule has 1 unspecified atom stereocenters. The van der Waals surface area contributed by atoms with Gasteiger partial charge in [-0.2, -0.15) is 8.42 Å².